The van der Waals surface area contributed by atoms with Crippen LogP contribution in [-0.4, -0.2) is 29.3 Å². The lowest BCUT2D eigenvalue weighted by atomic mass is 10.1. The Hall–Kier alpha value is -2.97. The molecule has 0 radical (unpaired) electrons. The van der Waals surface area contributed by atoms with E-state index in [-0.39, 0.29) is 17.4 Å². The fraction of sp³-hybridized carbons (Fsp3) is 0.438. The SMILES string of the molecule is Cc1nn(C(C)(C)C)cc1C(C)Nc1ccc2ncc([N+](=O)[O-])n2n1. The molecule has 0 fully saturated rings. The zero-order valence-corrected chi connectivity index (χ0v) is 14.9. The second-order valence-corrected chi connectivity index (χ2v) is 7.01. The lowest BCUT2D eigenvalue weighted by Crippen LogP contribution is -2.22. The summed E-state index contributed by atoms with van der Waals surface area (Å²) >= 11 is 0. The summed E-state index contributed by atoms with van der Waals surface area (Å²) in [5.74, 6) is 0.368. The Morgan fingerprint density at radius 3 is 2.60 bits per heavy atom. The number of nitrogens with one attached hydrogen (secondary N) is 1. The van der Waals surface area contributed by atoms with Crippen LogP contribution >= 0.6 is 0 Å². The van der Waals surface area contributed by atoms with Gasteiger partial charge in [-0.05, 0) is 45.6 Å². The molecule has 0 saturated heterocycles. The fourth-order valence-electron chi connectivity index (χ4n) is 2.60. The molecule has 0 bridgehead atoms. The molecule has 0 saturated carbocycles. The van der Waals surface area contributed by atoms with Crippen molar-refractivity contribution in [3.63, 3.8) is 0 Å². The number of imidazole rings is 1. The van der Waals surface area contributed by atoms with Crippen molar-refractivity contribution in [1.82, 2.24) is 24.4 Å². The second kappa shape index (κ2) is 5.83. The lowest BCUT2D eigenvalue weighted by Gasteiger charge is -2.19. The van der Waals surface area contributed by atoms with Crippen molar-refractivity contribution in [2.75, 3.05) is 5.32 Å². The molecule has 9 nitrogen and oxygen atoms in total. The van der Waals surface area contributed by atoms with Crippen LogP contribution in [0.2, 0.25) is 0 Å². The van der Waals surface area contributed by atoms with Crippen molar-refractivity contribution in [3.8, 4) is 0 Å². The van der Waals surface area contributed by atoms with Gasteiger partial charge in [0.2, 0.25) is 5.65 Å². The van der Waals surface area contributed by atoms with E-state index in [2.05, 4.69) is 41.3 Å². The minimum atomic E-state index is -0.502. The number of fused-ring (bicyclic) bond motifs is 1. The monoisotopic (exact) mass is 343 g/mol. The van der Waals surface area contributed by atoms with Crippen molar-refractivity contribution in [2.45, 2.75) is 46.2 Å². The highest BCUT2D eigenvalue weighted by atomic mass is 16.6. The van der Waals surface area contributed by atoms with Crippen LogP contribution in [-0.2, 0) is 5.54 Å². The van der Waals surface area contributed by atoms with Crippen LogP contribution in [0.15, 0.2) is 24.5 Å². The van der Waals surface area contributed by atoms with Gasteiger partial charge < -0.3 is 15.4 Å². The smallest absolute Gasteiger partial charge is 0.360 e. The van der Waals surface area contributed by atoms with Crippen LogP contribution in [0.5, 0.6) is 0 Å². The summed E-state index contributed by atoms with van der Waals surface area (Å²) in [6, 6.07) is 3.40. The number of aryl methyl sites for hydroxylation is 1. The van der Waals surface area contributed by atoms with Crippen molar-refractivity contribution >= 4 is 17.3 Å². The highest BCUT2D eigenvalue weighted by Gasteiger charge is 2.21. The highest BCUT2D eigenvalue weighted by Crippen LogP contribution is 2.24. The van der Waals surface area contributed by atoms with Gasteiger partial charge in [-0.2, -0.15) is 5.10 Å². The minimum absolute atomic E-state index is 0.0522. The molecule has 1 unspecified atom stereocenters. The molecule has 0 aliphatic heterocycles. The number of nitro groups is 1. The van der Waals surface area contributed by atoms with E-state index >= 15 is 0 Å². The third-order valence-corrected chi connectivity index (χ3v) is 3.99. The van der Waals surface area contributed by atoms with Crippen LogP contribution in [0.25, 0.3) is 5.65 Å². The number of rotatable bonds is 4. The Morgan fingerprint density at radius 1 is 1.28 bits per heavy atom. The quantitative estimate of drug-likeness (QED) is 0.577. The van der Waals surface area contributed by atoms with E-state index in [0.29, 0.717) is 11.5 Å². The number of nitrogens with zero attached hydrogens (tertiary/aromatic N) is 6. The van der Waals surface area contributed by atoms with Crippen molar-refractivity contribution in [3.05, 3.63) is 45.9 Å². The average Bonchev–Trinajstić information content (AvgIpc) is 3.09. The molecule has 0 aliphatic carbocycles. The Balaban J connectivity index is 1.89. The van der Waals surface area contributed by atoms with Crippen LogP contribution in [0.1, 0.15) is 45.0 Å². The Morgan fingerprint density at radius 2 is 2.00 bits per heavy atom. The largest absolute Gasteiger partial charge is 0.368 e. The van der Waals surface area contributed by atoms with E-state index in [1.807, 2.05) is 24.7 Å². The second-order valence-electron chi connectivity index (χ2n) is 7.01. The van der Waals surface area contributed by atoms with Gasteiger partial charge in [-0.1, -0.05) is 9.61 Å². The first-order valence-electron chi connectivity index (χ1n) is 7.99. The Labute approximate surface area is 144 Å². The summed E-state index contributed by atoms with van der Waals surface area (Å²) in [7, 11) is 0. The van der Waals surface area contributed by atoms with E-state index in [9.17, 15) is 10.1 Å². The van der Waals surface area contributed by atoms with Gasteiger partial charge in [-0.25, -0.2) is 4.98 Å². The third-order valence-electron chi connectivity index (χ3n) is 3.99. The van der Waals surface area contributed by atoms with Gasteiger partial charge >= 0.3 is 5.82 Å². The number of aromatic nitrogens is 5. The van der Waals surface area contributed by atoms with Gasteiger partial charge in [0.05, 0.1) is 17.3 Å². The molecule has 3 aromatic heterocycles. The third kappa shape index (κ3) is 3.17. The maximum Gasteiger partial charge on any atom is 0.368 e. The van der Waals surface area contributed by atoms with Gasteiger partial charge in [0.15, 0.2) is 5.82 Å². The maximum absolute atomic E-state index is 11.0. The van der Waals surface area contributed by atoms with Crippen LogP contribution in [0, 0.1) is 17.0 Å². The molecule has 9 heteroatoms. The van der Waals surface area contributed by atoms with Crippen LogP contribution in [0.3, 0.4) is 0 Å². The van der Waals surface area contributed by atoms with Crippen molar-refractivity contribution in [2.24, 2.45) is 0 Å². The molecule has 0 aliphatic rings. The summed E-state index contributed by atoms with van der Waals surface area (Å²) in [4.78, 5) is 14.5. The number of hydrogen-bond donors (Lipinski definition) is 1. The van der Waals surface area contributed by atoms with Crippen molar-refractivity contribution < 1.29 is 4.92 Å². The molecular formula is C16H21N7O2. The van der Waals surface area contributed by atoms with E-state index in [0.717, 1.165) is 11.3 Å². The van der Waals surface area contributed by atoms with Crippen molar-refractivity contribution in [1.29, 1.82) is 0 Å². The predicted octanol–water partition coefficient (Wildman–Crippen LogP) is 3.07. The average molecular weight is 343 g/mol. The summed E-state index contributed by atoms with van der Waals surface area (Å²) in [5, 5.41) is 23.2. The van der Waals surface area contributed by atoms with Gasteiger partial charge in [0.25, 0.3) is 0 Å². The zero-order valence-electron chi connectivity index (χ0n) is 14.9. The molecule has 132 valence electrons. The molecular weight excluding hydrogens is 322 g/mol. The topological polar surface area (TPSA) is 103 Å². The number of anilines is 1. The summed E-state index contributed by atoms with van der Waals surface area (Å²) < 4.78 is 3.16. The van der Waals surface area contributed by atoms with E-state index in [1.54, 1.807) is 12.1 Å². The van der Waals surface area contributed by atoms with E-state index in [1.165, 1.54) is 10.7 Å². The van der Waals surface area contributed by atoms with Crippen LogP contribution in [0.4, 0.5) is 11.6 Å². The standard InChI is InChI=1S/C16H21N7O2/c1-10(12-9-21(16(3,4)5)19-11(12)2)18-13-6-7-14-17-8-15(23(24)25)22(14)20-13/h6-10H,1-5H3,(H,18,20). The normalized spacial score (nSPS) is 13.2. The summed E-state index contributed by atoms with van der Waals surface area (Å²) in [5.41, 5.74) is 2.32. The molecule has 0 aromatic carbocycles. The Bertz CT molecular complexity index is 936. The minimum Gasteiger partial charge on any atom is -0.360 e. The Kier molecular flexibility index (Phi) is 3.94. The fourth-order valence-corrected chi connectivity index (χ4v) is 2.60. The molecule has 1 atom stereocenters. The van der Waals surface area contributed by atoms with E-state index < -0.39 is 4.92 Å². The van der Waals surface area contributed by atoms with Gasteiger partial charge in [-0.15, -0.1) is 0 Å². The predicted molar refractivity (Wildman–Crippen MR) is 93.6 cm³/mol. The summed E-state index contributed by atoms with van der Waals surface area (Å²) in [6.45, 7) is 10.2. The molecule has 3 rings (SSSR count). The first-order valence-corrected chi connectivity index (χ1v) is 7.99. The number of hydrogen-bond acceptors (Lipinski definition) is 6. The lowest BCUT2D eigenvalue weighted by molar-refractivity contribution is -0.391. The zero-order chi connectivity index (χ0) is 18.4. The first-order chi connectivity index (χ1) is 11.7. The van der Waals surface area contributed by atoms with Gasteiger partial charge in [-0.3, -0.25) is 4.68 Å². The first kappa shape index (κ1) is 16.9. The van der Waals surface area contributed by atoms with Gasteiger partial charge in [0.1, 0.15) is 6.20 Å². The highest BCUT2D eigenvalue weighted by molar-refractivity contribution is 5.49. The van der Waals surface area contributed by atoms with E-state index in [4.69, 9.17) is 0 Å². The molecule has 25 heavy (non-hydrogen) atoms. The molecule has 0 spiro atoms. The van der Waals surface area contributed by atoms with Crippen LogP contribution < -0.4 is 5.32 Å². The molecule has 3 heterocycles. The summed E-state index contributed by atoms with van der Waals surface area (Å²) in [6.07, 6.45) is 3.22. The van der Waals surface area contributed by atoms with Gasteiger partial charge in [0, 0.05) is 17.8 Å². The maximum atomic E-state index is 11.0. The molecule has 3 aromatic rings. The molecule has 1 N–H and O–H groups in total. The molecule has 0 amide bonds.